The fraction of sp³-hybridized carbons (Fsp3) is 0.571. The van der Waals surface area contributed by atoms with Crippen LogP contribution in [0.2, 0.25) is 0 Å². The number of benzene rings is 1. The monoisotopic (exact) mass is 371 g/mol. The molecule has 0 bridgehead atoms. The Morgan fingerprint density at radius 3 is 2.52 bits per heavy atom. The molecule has 2 heterocycles. The van der Waals surface area contributed by atoms with Gasteiger partial charge in [0.2, 0.25) is 5.91 Å². The van der Waals surface area contributed by atoms with Crippen LogP contribution in [0, 0.1) is 0 Å². The molecule has 1 aromatic rings. The number of carbonyl (C=O) groups excluding carboxylic acids is 3. The number of nitrogens with zero attached hydrogens (tertiary/aromatic N) is 3. The van der Waals surface area contributed by atoms with Gasteiger partial charge in [-0.15, -0.1) is 0 Å². The molecular weight excluding hydrogens is 342 g/mol. The number of rotatable bonds is 4. The second kappa shape index (κ2) is 7.71. The maximum absolute atomic E-state index is 12.9. The van der Waals surface area contributed by atoms with Crippen molar-refractivity contribution in [2.75, 3.05) is 33.2 Å². The van der Waals surface area contributed by atoms with E-state index in [9.17, 15) is 14.4 Å². The van der Waals surface area contributed by atoms with Gasteiger partial charge in [-0.2, -0.15) is 0 Å². The second-order valence-electron chi connectivity index (χ2n) is 8.07. The number of hydrogen-bond donors (Lipinski definition) is 0. The van der Waals surface area contributed by atoms with E-state index < -0.39 is 17.4 Å². The second-order valence-corrected chi connectivity index (χ2v) is 8.07. The average molecular weight is 371 g/mol. The molecule has 2 aliphatic rings. The Balaban J connectivity index is 1.62. The van der Waals surface area contributed by atoms with Crippen LogP contribution in [0.15, 0.2) is 30.3 Å². The van der Waals surface area contributed by atoms with Crippen LogP contribution in [0.3, 0.4) is 0 Å². The van der Waals surface area contributed by atoms with Gasteiger partial charge >= 0.3 is 11.8 Å². The summed E-state index contributed by atoms with van der Waals surface area (Å²) in [7, 11) is 1.64. The summed E-state index contributed by atoms with van der Waals surface area (Å²) in [6, 6.07) is 10.2. The van der Waals surface area contributed by atoms with Crippen molar-refractivity contribution in [1.29, 1.82) is 0 Å². The minimum atomic E-state index is -0.497. The lowest BCUT2D eigenvalue weighted by atomic mass is 9.83. The highest BCUT2D eigenvalue weighted by Gasteiger charge is 2.46. The predicted molar refractivity (Wildman–Crippen MR) is 103 cm³/mol. The van der Waals surface area contributed by atoms with Crippen LogP contribution >= 0.6 is 0 Å². The van der Waals surface area contributed by atoms with Crippen LogP contribution in [0.1, 0.15) is 44.6 Å². The van der Waals surface area contributed by atoms with Crippen molar-refractivity contribution in [3.63, 3.8) is 0 Å². The first kappa shape index (κ1) is 19.4. The molecule has 0 aromatic heterocycles. The van der Waals surface area contributed by atoms with Gasteiger partial charge in [0, 0.05) is 51.1 Å². The minimum absolute atomic E-state index is 0.133. The molecule has 1 unspecified atom stereocenters. The van der Waals surface area contributed by atoms with Gasteiger partial charge in [-0.05, 0) is 32.3 Å². The third-order valence-electron chi connectivity index (χ3n) is 6.04. The molecule has 3 amide bonds. The van der Waals surface area contributed by atoms with Crippen LogP contribution in [-0.4, -0.2) is 71.2 Å². The Labute approximate surface area is 161 Å². The molecule has 0 saturated carbocycles. The summed E-state index contributed by atoms with van der Waals surface area (Å²) in [5, 5.41) is 0. The average Bonchev–Trinajstić information content (AvgIpc) is 3.21. The molecule has 0 radical (unpaired) electrons. The van der Waals surface area contributed by atoms with Gasteiger partial charge in [-0.1, -0.05) is 30.3 Å². The van der Waals surface area contributed by atoms with Gasteiger partial charge in [-0.25, -0.2) is 0 Å². The molecule has 1 aromatic carbocycles. The highest BCUT2D eigenvalue weighted by atomic mass is 16.2. The van der Waals surface area contributed by atoms with E-state index in [0.29, 0.717) is 26.1 Å². The molecule has 2 fully saturated rings. The number of amides is 3. The van der Waals surface area contributed by atoms with Crippen LogP contribution in [0.5, 0.6) is 0 Å². The molecule has 0 spiro atoms. The Bertz CT molecular complexity index is 717. The molecule has 0 N–H and O–H groups in total. The molecule has 3 rings (SSSR count). The van der Waals surface area contributed by atoms with E-state index in [4.69, 9.17) is 0 Å². The summed E-state index contributed by atoms with van der Waals surface area (Å²) in [4.78, 5) is 42.2. The van der Waals surface area contributed by atoms with Crippen molar-refractivity contribution in [2.45, 2.75) is 44.6 Å². The van der Waals surface area contributed by atoms with Crippen molar-refractivity contribution >= 4 is 17.7 Å². The zero-order valence-corrected chi connectivity index (χ0v) is 16.5. The Kier molecular flexibility index (Phi) is 5.53. The van der Waals surface area contributed by atoms with Crippen molar-refractivity contribution in [3.8, 4) is 0 Å². The maximum atomic E-state index is 12.9. The molecule has 146 valence electrons. The molecule has 2 aliphatic heterocycles. The number of likely N-dealkylation sites (tertiary alicyclic amines) is 2. The fourth-order valence-corrected chi connectivity index (χ4v) is 4.30. The number of likely N-dealkylation sites (N-methyl/N-ethyl adjacent to an activating group) is 1. The third kappa shape index (κ3) is 3.84. The summed E-state index contributed by atoms with van der Waals surface area (Å²) in [6.07, 6.45) is 2.31. The third-order valence-corrected chi connectivity index (χ3v) is 6.04. The van der Waals surface area contributed by atoms with Crippen LogP contribution in [0.25, 0.3) is 0 Å². The van der Waals surface area contributed by atoms with E-state index in [1.807, 2.05) is 32.0 Å². The van der Waals surface area contributed by atoms with Crippen LogP contribution in [-0.2, 0) is 14.4 Å². The predicted octanol–water partition coefficient (Wildman–Crippen LogP) is 1.86. The Hall–Kier alpha value is -2.37. The highest BCUT2D eigenvalue weighted by molar-refractivity contribution is 6.35. The smallest absolute Gasteiger partial charge is 0.312 e. The highest BCUT2D eigenvalue weighted by Crippen LogP contribution is 2.41. The summed E-state index contributed by atoms with van der Waals surface area (Å²) in [5.74, 6) is -0.603. The van der Waals surface area contributed by atoms with Gasteiger partial charge in [0.05, 0.1) is 0 Å². The normalized spacial score (nSPS) is 21.6. The molecule has 6 nitrogen and oxygen atoms in total. The number of carbonyl (C=O) groups is 3. The van der Waals surface area contributed by atoms with E-state index in [0.717, 1.165) is 19.4 Å². The summed E-state index contributed by atoms with van der Waals surface area (Å²) >= 11 is 0. The molecule has 2 saturated heterocycles. The molecule has 0 aliphatic carbocycles. The Morgan fingerprint density at radius 1 is 1.19 bits per heavy atom. The first-order valence-electron chi connectivity index (χ1n) is 9.72. The van der Waals surface area contributed by atoms with Gasteiger partial charge in [0.25, 0.3) is 0 Å². The van der Waals surface area contributed by atoms with E-state index in [1.165, 1.54) is 10.5 Å². The molecule has 1 atom stereocenters. The zero-order chi connectivity index (χ0) is 19.6. The van der Waals surface area contributed by atoms with Crippen molar-refractivity contribution in [3.05, 3.63) is 35.9 Å². The van der Waals surface area contributed by atoms with Crippen molar-refractivity contribution in [2.24, 2.45) is 0 Å². The standard InChI is InChI=1S/C21H29N3O3/c1-21(2)17(16-8-5-4-6-9-16)11-13-24(21)20(27)19(26)22(3)14-15-23-12-7-10-18(23)25/h4-6,8-9,17H,7,10-15H2,1-3H3. The molecule has 27 heavy (non-hydrogen) atoms. The maximum Gasteiger partial charge on any atom is 0.312 e. The van der Waals surface area contributed by atoms with Gasteiger partial charge in [0.15, 0.2) is 0 Å². The molecular formula is C21H29N3O3. The van der Waals surface area contributed by atoms with E-state index in [-0.39, 0.29) is 11.8 Å². The van der Waals surface area contributed by atoms with E-state index in [1.54, 1.807) is 16.8 Å². The first-order valence-corrected chi connectivity index (χ1v) is 9.72. The SMILES string of the molecule is CN(CCN1CCCC1=O)C(=O)C(=O)N1CCC(c2ccccc2)C1(C)C. The summed E-state index contributed by atoms with van der Waals surface area (Å²) < 4.78 is 0. The quantitative estimate of drug-likeness (QED) is 0.759. The van der Waals surface area contributed by atoms with Gasteiger partial charge in [-0.3, -0.25) is 14.4 Å². The zero-order valence-electron chi connectivity index (χ0n) is 16.5. The largest absolute Gasteiger partial charge is 0.341 e. The molecule has 6 heteroatoms. The summed E-state index contributed by atoms with van der Waals surface area (Å²) in [6.45, 7) is 6.26. The van der Waals surface area contributed by atoms with Gasteiger partial charge in [0.1, 0.15) is 0 Å². The topological polar surface area (TPSA) is 60.9 Å². The number of hydrogen-bond acceptors (Lipinski definition) is 3. The lowest BCUT2D eigenvalue weighted by molar-refractivity contribution is -0.153. The lowest BCUT2D eigenvalue weighted by Gasteiger charge is -2.36. The van der Waals surface area contributed by atoms with Crippen molar-refractivity contribution < 1.29 is 14.4 Å². The fourth-order valence-electron chi connectivity index (χ4n) is 4.30. The van der Waals surface area contributed by atoms with Crippen molar-refractivity contribution in [1.82, 2.24) is 14.7 Å². The first-order chi connectivity index (χ1) is 12.8. The summed E-state index contributed by atoms with van der Waals surface area (Å²) in [5.41, 5.74) is 0.783. The minimum Gasteiger partial charge on any atom is -0.341 e. The lowest BCUT2D eigenvalue weighted by Crippen LogP contribution is -2.52. The Morgan fingerprint density at radius 2 is 1.89 bits per heavy atom. The van der Waals surface area contributed by atoms with Crippen LogP contribution < -0.4 is 0 Å². The van der Waals surface area contributed by atoms with Crippen LogP contribution in [0.4, 0.5) is 0 Å². The van der Waals surface area contributed by atoms with Gasteiger partial charge < -0.3 is 14.7 Å². The van der Waals surface area contributed by atoms with E-state index >= 15 is 0 Å². The van der Waals surface area contributed by atoms with E-state index in [2.05, 4.69) is 12.1 Å².